The van der Waals surface area contributed by atoms with Gasteiger partial charge in [-0.1, -0.05) is 0 Å². The Morgan fingerprint density at radius 1 is 1.16 bits per heavy atom. The van der Waals surface area contributed by atoms with Crippen LogP contribution in [-0.4, -0.2) is 36.7 Å². The predicted molar refractivity (Wildman–Crippen MR) is 118 cm³/mol. The largest absolute Gasteiger partial charge is 0.494 e. The standard InChI is InChI=1S/C22H25FN8O/c1-10-18(26-9-17(27-10)22(2,3)25)11-5-12(6-11)19-29-20-13-7-14(23)16(32-4)8-15(13)28-21(24)31(20)30-19/h7-9,11-12H,5-6,25H2,1-4H3,(H2,24,28). The maximum Gasteiger partial charge on any atom is 0.223 e. The molecule has 32 heavy (non-hydrogen) atoms. The minimum Gasteiger partial charge on any atom is -0.494 e. The van der Waals surface area contributed by atoms with Crippen LogP contribution in [0.4, 0.5) is 10.3 Å². The highest BCUT2D eigenvalue weighted by Gasteiger charge is 2.37. The highest BCUT2D eigenvalue weighted by Crippen LogP contribution is 2.47. The Hall–Kier alpha value is -3.40. The van der Waals surface area contributed by atoms with Gasteiger partial charge in [-0.2, -0.15) is 4.52 Å². The van der Waals surface area contributed by atoms with Crippen molar-refractivity contribution >= 4 is 22.5 Å². The molecular formula is C22H25FN8O. The summed E-state index contributed by atoms with van der Waals surface area (Å²) in [6, 6.07) is 2.87. The summed E-state index contributed by atoms with van der Waals surface area (Å²) >= 11 is 0. The van der Waals surface area contributed by atoms with Crippen molar-refractivity contribution in [1.82, 2.24) is 29.5 Å². The van der Waals surface area contributed by atoms with Crippen LogP contribution < -0.4 is 16.2 Å². The molecule has 0 unspecified atom stereocenters. The number of hydrogen-bond acceptors (Lipinski definition) is 8. The maximum absolute atomic E-state index is 14.3. The Bertz CT molecular complexity index is 1350. The Morgan fingerprint density at radius 2 is 1.91 bits per heavy atom. The van der Waals surface area contributed by atoms with Gasteiger partial charge >= 0.3 is 0 Å². The van der Waals surface area contributed by atoms with Crippen LogP contribution in [0.5, 0.6) is 5.75 Å². The van der Waals surface area contributed by atoms with E-state index in [2.05, 4.69) is 25.0 Å². The van der Waals surface area contributed by atoms with E-state index in [1.165, 1.54) is 23.8 Å². The molecule has 4 aromatic rings. The summed E-state index contributed by atoms with van der Waals surface area (Å²) in [4.78, 5) is 18.3. The first kappa shape index (κ1) is 20.5. The third kappa shape index (κ3) is 3.22. The van der Waals surface area contributed by atoms with Gasteiger partial charge in [-0.15, -0.1) is 5.10 Å². The molecule has 1 fully saturated rings. The van der Waals surface area contributed by atoms with Gasteiger partial charge in [-0.3, -0.25) is 9.97 Å². The molecule has 0 bridgehead atoms. The number of rotatable bonds is 4. The first-order valence-corrected chi connectivity index (χ1v) is 10.5. The van der Waals surface area contributed by atoms with E-state index in [9.17, 15) is 4.39 Å². The molecule has 0 amide bonds. The van der Waals surface area contributed by atoms with Gasteiger partial charge in [0.25, 0.3) is 0 Å². The lowest BCUT2D eigenvalue weighted by Gasteiger charge is -2.33. The Morgan fingerprint density at radius 3 is 2.56 bits per heavy atom. The second kappa shape index (κ2) is 7.06. The van der Waals surface area contributed by atoms with Gasteiger partial charge in [0.15, 0.2) is 23.0 Å². The molecule has 9 nitrogen and oxygen atoms in total. The number of nitrogens with two attached hydrogens (primary N) is 2. The number of aromatic nitrogens is 6. The summed E-state index contributed by atoms with van der Waals surface area (Å²) in [5.74, 6) is 0.921. The summed E-state index contributed by atoms with van der Waals surface area (Å²) in [5.41, 5.74) is 15.4. The van der Waals surface area contributed by atoms with Crippen molar-refractivity contribution in [2.75, 3.05) is 12.8 Å². The van der Waals surface area contributed by atoms with E-state index in [1.54, 1.807) is 6.20 Å². The van der Waals surface area contributed by atoms with Crippen molar-refractivity contribution in [3.63, 3.8) is 0 Å². The molecule has 4 N–H and O–H groups in total. The molecule has 1 saturated carbocycles. The molecule has 0 aliphatic heterocycles. The van der Waals surface area contributed by atoms with Gasteiger partial charge in [-0.25, -0.2) is 14.4 Å². The van der Waals surface area contributed by atoms with E-state index in [4.69, 9.17) is 16.2 Å². The van der Waals surface area contributed by atoms with Gasteiger partial charge in [0.1, 0.15) is 0 Å². The summed E-state index contributed by atoms with van der Waals surface area (Å²) < 4.78 is 20.8. The third-order valence-electron chi connectivity index (χ3n) is 6.12. The van der Waals surface area contributed by atoms with E-state index in [0.717, 1.165) is 29.9 Å². The number of benzene rings is 1. The first-order valence-electron chi connectivity index (χ1n) is 10.5. The SMILES string of the molecule is COc1cc2nc(N)n3nc(C4CC(c5ncc(C(C)(C)N)nc5C)C4)nc3c2cc1F. The highest BCUT2D eigenvalue weighted by atomic mass is 19.1. The number of anilines is 1. The molecule has 1 aliphatic rings. The van der Waals surface area contributed by atoms with Gasteiger partial charge in [0, 0.05) is 23.3 Å². The van der Waals surface area contributed by atoms with Crippen LogP contribution in [-0.2, 0) is 5.54 Å². The minimum atomic E-state index is -0.529. The minimum absolute atomic E-state index is 0.107. The van der Waals surface area contributed by atoms with Crippen molar-refractivity contribution in [3.8, 4) is 5.75 Å². The maximum atomic E-state index is 14.3. The molecule has 3 heterocycles. The van der Waals surface area contributed by atoms with Crippen LogP contribution in [0, 0.1) is 12.7 Å². The van der Waals surface area contributed by atoms with Crippen LogP contribution in [0.1, 0.15) is 61.4 Å². The van der Waals surface area contributed by atoms with E-state index in [-0.39, 0.29) is 23.5 Å². The average Bonchev–Trinajstić information content (AvgIpc) is 3.13. The quantitative estimate of drug-likeness (QED) is 0.499. The van der Waals surface area contributed by atoms with Crippen molar-refractivity contribution in [2.45, 2.75) is 51.0 Å². The monoisotopic (exact) mass is 436 g/mol. The molecule has 1 aromatic carbocycles. The predicted octanol–water partition coefficient (Wildman–Crippen LogP) is 2.96. The van der Waals surface area contributed by atoms with Crippen LogP contribution in [0.25, 0.3) is 16.6 Å². The Kier molecular flexibility index (Phi) is 4.52. The Balaban J connectivity index is 1.44. The van der Waals surface area contributed by atoms with Crippen molar-refractivity contribution in [2.24, 2.45) is 5.73 Å². The molecule has 166 valence electrons. The zero-order valence-electron chi connectivity index (χ0n) is 18.4. The summed E-state index contributed by atoms with van der Waals surface area (Å²) in [6.45, 7) is 5.79. The van der Waals surface area contributed by atoms with Gasteiger partial charge in [-0.05, 0) is 39.7 Å². The molecule has 0 atom stereocenters. The van der Waals surface area contributed by atoms with Crippen molar-refractivity contribution in [3.05, 3.63) is 47.1 Å². The van der Waals surface area contributed by atoms with Gasteiger partial charge in [0.05, 0.1) is 41.4 Å². The second-order valence-corrected chi connectivity index (χ2v) is 8.99. The van der Waals surface area contributed by atoms with Gasteiger partial charge in [0.2, 0.25) is 5.95 Å². The number of fused-ring (bicyclic) bond motifs is 3. The normalized spacial score (nSPS) is 18.8. The van der Waals surface area contributed by atoms with Crippen LogP contribution in [0.2, 0.25) is 0 Å². The number of nitrogens with zero attached hydrogens (tertiary/aromatic N) is 6. The van der Waals surface area contributed by atoms with Crippen molar-refractivity contribution < 1.29 is 9.13 Å². The van der Waals surface area contributed by atoms with E-state index < -0.39 is 11.4 Å². The summed E-state index contributed by atoms with van der Waals surface area (Å²) in [7, 11) is 1.41. The lowest BCUT2D eigenvalue weighted by atomic mass is 9.72. The molecule has 5 rings (SSSR count). The number of hydrogen-bond donors (Lipinski definition) is 2. The van der Waals surface area contributed by atoms with Crippen LogP contribution >= 0.6 is 0 Å². The fourth-order valence-electron chi connectivity index (χ4n) is 4.23. The zero-order valence-corrected chi connectivity index (χ0v) is 18.4. The number of nitrogen functional groups attached to an aromatic ring is 1. The molecule has 10 heteroatoms. The van der Waals surface area contributed by atoms with Crippen LogP contribution in [0.15, 0.2) is 18.3 Å². The molecular weight excluding hydrogens is 411 g/mol. The molecule has 0 saturated heterocycles. The third-order valence-corrected chi connectivity index (χ3v) is 6.12. The van der Waals surface area contributed by atoms with E-state index in [1.807, 2.05) is 20.8 Å². The Labute approximate surface area is 184 Å². The zero-order chi connectivity index (χ0) is 22.8. The number of aryl methyl sites for hydroxylation is 1. The number of ether oxygens (including phenoxy) is 1. The average molecular weight is 436 g/mol. The van der Waals surface area contributed by atoms with E-state index in [0.29, 0.717) is 22.4 Å². The molecule has 0 spiro atoms. The number of methoxy groups -OCH3 is 1. The van der Waals surface area contributed by atoms with Gasteiger partial charge < -0.3 is 16.2 Å². The lowest BCUT2D eigenvalue weighted by Crippen LogP contribution is -2.31. The topological polar surface area (TPSA) is 130 Å². The lowest BCUT2D eigenvalue weighted by molar-refractivity contribution is 0.329. The second-order valence-electron chi connectivity index (χ2n) is 8.99. The van der Waals surface area contributed by atoms with Crippen LogP contribution in [0.3, 0.4) is 0 Å². The first-order chi connectivity index (χ1) is 15.2. The molecule has 3 aromatic heterocycles. The number of halogens is 1. The highest BCUT2D eigenvalue weighted by molar-refractivity contribution is 5.93. The molecule has 0 radical (unpaired) electrons. The van der Waals surface area contributed by atoms with E-state index >= 15 is 0 Å². The smallest absolute Gasteiger partial charge is 0.223 e. The fourth-order valence-corrected chi connectivity index (χ4v) is 4.23. The van der Waals surface area contributed by atoms with Crippen molar-refractivity contribution in [1.29, 1.82) is 0 Å². The molecule has 1 aliphatic carbocycles. The summed E-state index contributed by atoms with van der Waals surface area (Å²) in [5, 5.41) is 5.10. The summed E-state index contributed by atoms with van der Waals surface area (Å²) in [6.07, 6.45) is 3.47. The fraction of sp³-hybridized carbons (Fsp3) is 0.409.